The summed E-state index contributed by atoms with van der Waals surface area (Å²) in [5.41, 5.74) is 2.15. The number of urea groups is 1. The van der Waals surface area contributed by atoms with Gasteiger partial charge in [0.15, 0.2) is 0 Å². The molecule has 0 bridgehead atoms. The van der Waals surface area contributed by atoms with Gasteiger partial charge in [0.25, 0.3) is 0 Å². The molecule has 0 unspecified atom stereocenters. The highest BCUT2D eigenvalue weighted by Crippen LogP contribution is 2.14. The van der Waals surface area contributed by atoms with E-state index < -0.39 is 0 Å². The van der Waals surface area contributed by atoms with Gasteiger partial charge in [-0.05, 0) is 41.8 Å². The molecule has 1 N–H and O–H groups in total. The molecule has 1 heterocycles. The highest BCUT2D eigenvalue weighted by molar-refractivity contribution is 5.74. The molecule has 27 heavy (non-hydrogen) atoms. The molecule has 1 aliphatic rings. The molecule has 0 radical (unpaired) electrons. The number of halogens is 1. The van der Waals surface area contributed by atoms with Gasteiger partial charge in [-0.2, -0.15) is 0 Å². The number of methoxy groups -OCH3 is 1. The number of nitrogens with zero attached hydrogens (tertiary/aromatic N) is 2. The van der Waals surface area contributed by atoms with Gasteiger partial charge < -0.3 is 15.0 Å². The van der Waals surface area contributed by atoms with Gasteiger partial charge >= 0.3 is 6.03 Å². The van der Waals surface area contributed by atoms with Crippen molar-refractivity contribution < 1.29 is 13.9 Å². The molecule has 1 saturated heterocycles. The molecule has 1 fully saturated rings. The summed E-state index contributed by atoms with van der Waals surface area (Å²) in [4.78, 5) is 16.5. The Morgan fingerprint density at radius 3 is 2.52 bits per heavy atom. The highest BCUT2D eigenvalue weighted by atomic mass is 19.1. The number of piperazine rings is 1. The number of carbonyl (C=O) groups excluding carboxylic acids is 1. The van der Waals surface area contributed by atoms with Crippen molar-refractivity contribution in [2.75, 3.05) is 39.8 Å². The van der Waals surface area contributed by atoms with Crippen LogP contribution in [0, 0.1) is 5.82 Å². The Balaban J connectivity index is 1.38. The summed E-state index contributed by atoms with van der Waals surface area (Å²) in [7, 11) is 1.68. The van der Waals surface area contributed by atoms with Crippen molar-refractivity contribution >= 4 is 6.03 Å². The second kappa shape index (κ2) is 9.37. The normalized spacial score (nSPS) is 14.8. The predicted octanol–water partition coefficient (Wildman–Crippen LogP) is 2.90. The Morgan fingerprint density at radius 2 is 1.81 bits per heavy atom. The molecule has 144 valence electrons. The Bertz CT molecular complexity index is 743. The smallest absolute Gasteiger partial charge is 0.317 e. The lowest BCUT2D eigenvalue weighted by atomic mass is 10.1. The fourth-order valence-corrected chi connectivity index (χ4v) is 3.18. The van der Waals surface area contributed by atoms with Crippen molar-refractivity contribution in [3.8, 4) is 5.75 Å². The first kappa shape index (κ1) is 19.2. The third-order valence-electron chi connectivity index (χ3n) is 4.87. The topological polar surface area (TPSA) is 44.8 Å². The maximum atomic E-state index is 12.9. The van der Waals surface area contributed by atoms with Crippen molar-refractivity contribution in [2.24, 2.45) is 0 Å². The third kappa shape index (κ3) is 5.69. The fourth-order valence-electron chi connectivity index (χ4n) is 3.18. The minimum Gasteiger partial charge on any atom is -0.497 e. The molecule has 1 aliphatic heterocycles. The van der Waals surface area contributed by atoms with Crippen LogP contribution in [-0.4, -0.2) is 55.7 Å². The number of amides is 2. The molecule has 3 rings (SSSR count). The minimum absolute atomic E-state index is 0.0632. The summed E-state index contributed by atoms with van der Waals surface area (Å²) in [6.07, 6.45) is 0.966. The number of hydrogen-bond donors (Lipinski definition) is 1. The van der Waals surface area contributed by atoms with Gasteiger partial charge in [0.2, 0.25) is 0 Å². The second-order valence-electron chi connectivity index (χ2n) is 6.72. The average Bonchev–Trinajstić information content (AvgIpc) is 2.72. The standard InChI is InChI=1S/C21H26FN3O2/c1-27-20-4-2-3-17(15-20)9-10-24-11-13-25(14-12-24)21(26)23-16-18-5-7-19(22)8-6-18/h2-8,15H,9-14,16H2,1H3,(H,23,26). The number of hydrogen-bond acceptors (Lipinski definition) is 3. The van der Waals surface area contributed by atoms with Crippen LogP contribution in [0.1, 0.15) is 11.1 Å². The third-order valence-corrected chi connectivity index (χ3v) is 4.87. The predicted molar refractivity (Wildman–Crippen MR) is 103 cm³/mol. The monoisotopic (exact) mass is 371 g/mol. The molecular weight excluding hydrogens is 345 g/mol. The molecule has 0 aromatic heterocycles. The van der Waals surface area contributed by atoms with Crippen LogP contribution < -0.4 is 10.1 Å². The number of rotatable bonds is 6. The Morgan fingerprint density at radius 1 is 1.07 bits per heavy atom. The Kier molecular flexibility index (Phi) is 6.65. The summed E-state index contributed by atoms with van der Waals surface area (Å²) in [6.45, 7) is 4.55. The zero-order chi connectivity index (χ0) is 19.1. The van der Waals surface area contributed by atoms with Crippen molar-refractivity contribution in [1.29, 1.82) is 0 Å². The zero-order valence-electron chi connectivity index (χ0n) is 15.7. The summed E-state index contributed by atoms with van der Waals surface area (Å²) < 4.78 is 18.2. The number of nitrogens with one attached hydrogen (secondary N) is 1. The molecule has 5 nitrogen and oxygen atoms in total. The highest BCUT2D eigenvalue weighted by Gasteiger charge is 2.20. The average molecular weight is 371 g/mol. The van der Waals surface area contributed by atoms with Crippen molar-refractivity contribution in [1.82, 2.24) is 15.1 Å². The van der Waals surface area contributed by atoms with E-state index in [0.717, 1.165) is 37.4 Å². The Labute approximate surface area is 159 Å². The number of benzene rings is 2. The van der Waals surface area contributed by atoms with Gasteiger partial charge in [-0.15, -0.1) is 0 Å². The van der Waals surface area contributed by atoms with Crippen LogP contribution in [0.2, 0.25) is 0 Å². The van der Waals surface area contributed by atoms with E-state index in [4.69, 9.17) is 4.74 Å². The number of ether oxygens (including phenoxy) is 1. The van der Waals surface area contributed by atoms with E-state index in [1.54, 1.807) is 19.2 Å². The van der Waals surface area contributed by atoms with Crippen molar-refractivity contribution in [2.45, 2.75) is 13.0 Å². The van der Waals surface area contributed by atoms with E-state index >= 15 is 0 Å². The van der Waals surface area contributed by atoms with Gasteiger partial charge in [-0.25, -0.2) is 9.18 Å². The van der Waals surface area contributed by atoms with Crippen LogP contribution in [-0.2, 0) is 13.0 Å². The largest absolute Gasteiger partial charge is 0.497 e. The van der Waals surface area contributed by atoms with E-state index in [1.165, 1.54) is 17.7 Å². The first-order valence-electron chi connectivity index (χ1n) is 9.26. The second-order valence-corrected chi connectivity index (χ2v) is 6.72. The van der Waals surface area contributed by atoms with Crippen LogP contribution in [0.5, 0.6) is 5.75 Å². The van der Waals surface area contributed by atoms with Gasteiger partial charge in [-0.3, -0.25) is 4.90 Å². The van der Waals surface area contributed by atoms with E-state index in [-0.39, 0.29) is 11.8 Å². The molecular formula is C21H26FN3O2. The van der Waals surface area contributed by atoms with Crippen LogP contribution in [0.3, 0.4) is 0 Å². The van der Waals surface area contributed by atoms with E-state index in [9.17, 15) is 9.18 Å². The molecule has 6 heteroatoms. The maximum Gasteiger partial charge on any atom is 0.317 e. The van der Waals surface area contributed by atoms with Crippen LogP contribution in [0.4, 0.5) is 9.18 Å². The maximum absolute atomic E-state index is 12.9. The van der Waals surface area contributed by atoms with E-state index in [2.05, 4.69) is 22.3 Å². The zero-order valence-corrected chi connectivity index (χ0v) is 15.7. The molecule has 2 amide bonds. The molecule has 0 spiro atoms. The van der Waals surface area contributed by atoms with Gasteiger partial charge in [0.05, 0.1) is 7.11 Å². The van der Waals surface area contributed by atoms with Gasteiger partial charge in [0.1, 0.15) is 11.6 Å². The van der Waals surface area contributed by atoms with Crippen molar-refractivity contribution in [3.63, 3.8) is 0 Å². The summed E-state index contributed by atoms with van der Waals surface area (Å²) in [5, 5.41) is 2.91. The lowest BCUT2D eigenvalue weighted by molar-refractivity contribution is 0.140. The number of carbonyl (C=O) groups is 1. The molecule has 0 atom stereocenters. The fraction of sp³-hybridized carbons (Fsp3) is 0.381. The lowest BCUT2D eigenvalue weighted by Crippen LogP contribution is -2.51. The quantitative estimate of drug-likeness (QED) is 0.849. The van der Waals surface area contributed by atoms with Gasteiger partial charge in [-0.1, -0.05) is 24.3 Å². The SMILES string of the molecule is COc1cccc(CCN2CCN(C(=O)NCc3ccc(F)cc3)CC2)c1. The molecule has 0 saturated carbocycles. The summed E-state index contributed by atoms with van der Waals surface area (Å²) >= 11 is 0. The summed E-state index contributed by atoms with van der Waals surface area (Å²) in [5.74, 6) is 0.616. The summed E-state index contributed by atoms with van der Waals surface area (Å²) in [6, 6.07) is 14.3. The van der Waals surface area contributed by atoms with Crippen LogP contribution in [0.25, 0.3) is 0 Å². The first-order valence-corrected chi connectivity index (χ1v) is 9.26. The molecule has 2 aromatic carbocycles. The van der Waals surface area contributed by atoms with Crippen molar-refractivity contribution in [3.05, 3.63) is 65.5 Å². The Hall–Kier alpha value is -2.60. The van der Waals surface area contributed by atoms with Gasteiger partial charge in [0, 0.05) is 39.3 Å². The molecule has 0 aliphatic carbocycles. The lowest BCUT2D eigenvalue weighted by Gasteiger charge is -2.34. The van der Waals surface area contributed by atoms with Crippen LogP contribution >= 0.6 is 0 Å². The first-order chi connectivity index (χ1) is 13.1. The minimum atomic E-state index is -0.268. The molecule has 2 aromatic rings. The van der Waals surface area contributed by atoms with E-state index in [1.807, 2.05) is 17.0 Å². The van der Waals surface area contributed by atoms with Crippen LogP contribution in [0.15, 0.2) is 48.5 Å². The van der Waals surface area contributed by atoms with E-state index in [0.29, 0.717) is 19.6 Å².